The van der Waals surface area contributed by atoms with Gasteiger partial charge in [-0.3, -0.25) is 0 Å². The maximum absolute atomic E-state index is 10.1. The number of rotatable bonds is 4. The molecule has 1 unspecified atom stereocenters. The van der Waals surface area contributed by atoms with E-state index >= 15 is 0 Å². The van der Waals surface area contributed by atoms with Crippen molar-refractivity contribution in [2.24, 2.45) is 11.7 Å². The number of aliphatic hydroxyl groups is 1. The highest BCUT2D eigenvalue weighted by molar-refractivity contribution is 9.10. The van der Waals surface area contributed by atoms with Gasteiger partial charge in [-0.25, -0.2) is 0 Å². The lowest BCUT2D eigenvalue weighted by molar-refractivity contribution is 0.0880. The van der Waals surface area contributed by atoms with Gasteiger partial charge in [-0.05, 0) is 29.7 Å². The SMILES string of the molecule is CCC(C)[C@@H](O)[C@@H](N)c1cc(Br)ccc1Cl.Cl. The minimum absolute atomic E-state index is 0. The molecule has 0 aliphatic heterocycles. The zero-order valence-electron chi connectivity index (χ0n) is 9.86. The normalized spacial score (nSPS) is 15.9. The maximum Gasteiger partial charge on any atom is 0.0758 e. The minimum Gasteiger partial charge on any atom is -0.391 e. The van der Waals surface area contributed by atoms with Gasteiger partial charge >= 0.3 is 0 Å². The van der Waals surface area contributed by atoms with E-state index in [2.05, 4.69) is 15.9 Å². The summed E-state index contributed by atoms with van der Waals surface area (Å²) in [7, 11) is 0. The molecule has 1 aromatic rings. The average molecular weight is 343 g/mol. The molecular formula is C12H18BrCl2NO. The fourth-order valence-electron chi connectivity index (χ4n) is 1.55. The van der Waals surface area contributed by atoms with Crippen LogP contribution >= 0.6 is 39.9 Å². The van der Waals surface area contributed by atoms with Crippen LogP contribution in [0.3, 0.4) is 0 Å². The molecule has 3 atom stereocenters. The zero-order valence-corrected chi connectivity index (χ0v) is 13.0. The van der Waals surface area contributed by atoms with Gasteiger partial charge in [0.25, 0.3) is 0 Å². The van der Waals surface area contributed by atoms with Crippen LogP contribution in [0.15, 0.2) is 22.7 Å². The molecule has 0 aliphatic rings. The Kier molecular flexibility index (Phi) is 7.68. The second-order valence-corrected chi connectivity index (χ2v) is 5.39. The summed E-state index contributed by atoms with van der Waals surface area (Å²) < 4.78 is 0.915. The molecule has 0 heterocycles. The molecule has 2 nitrogen and oxygen atoms in total. The predicted octanol–water partition coefficient (Wildman–Crippen LogP) is 3.93. The molecular weight excluding hydrogens is 325 g/mol. The largest absolute Gasteiger partial charge is 0.391 e. The van der Waals surface area contributed by atoms with Crippen molar-refractivity contribution in [1.82, 2.24) is 0 Å². The molecule has 0 aliphatic carbocycles. The van der Waals surface area contributed by atoms with Gasteiger partial charge in [0.2, 0.25) is 0 Å². The van der Waals surface area contributed by atoms with E-state index in [1.807, 2.05) is 26.0 Å². The molecule has 0 spiro atoms. The second kappa shape index (κ2) is 7.59. The van der Waals surface area contributed by atoms with Crippen molar-refractivity contribution in [3.05, 3.63) is 33.3 Å². The molecule has 0 amide bonds. The number of benzene rings is 1. The maximum atomic E-state index is 10.1. The Morgan fingerprint density at radius 1 is 1.47 bits per heavy atom. The summed E-state index contributed by atoms with van der Waals surface area (Å²) in [5.41, 5.74) is 6.81. The van der Waals surface area contributed by atoms with E-state index in [-0.39, 0.29) is 18.3 Å². The summed E-state index contributed by atoms with van der Waals surface area (Å²) in [4.78, 5) is 0. The van der Waals surface area contributed by atoms with Gasteiger partial charge < -0.3 is 10.8 Å². The molecule has 3 N–H and O–H groups in total. The Bertz CT molecular complexity index is 362. The molecule has 1 aromatic carbocycles. The number of hydrogen-bond acceptors (Lipinski definition) is 2. The monoisotopic (exact) mass is 341 g/mol. The highest BCUT2D eigenvalue weighted by Gasteiger charge is 2.23. The summed E-state index contributed by atoms with van der Waals surface area (Å²) in [5.74, 6) is 0.157. The summed E-state index contributed by atoms with van der Waals surface area (Å²) in [6.45, 7) is 4.01. The third-order valence-corrected chi connectivity index (χ3v) is 3.75. The fourth-order valence-corrected chi connectivity index (χ4v) is 2.17. The standard InChI is InChI=1S/C12H17BrClNO.ClH/c1-3-7(2)12(16)11(15)9-6-8(13)4-5-10(9)14;/h4-7,11-12,16H,3,15H2,1-2H3;1H/t7?,11-,12+;/m0./s1. The van der Waals surface area contributed by atoms with Gasteiger partial charge in [0.1, 0.15) is 0 Å². The first-order valence-corrected chi connectivity index (χ1v) is 6.53. The van der Waals surface area contributed by atoms with Crippen LogP contribution in [0.1, 0.15) is 31.9 Å². The van der Waals surface area contributed by atoms with Crippen LogP contribution in [0.25, 0.3) is 0 Å². The third kappa shape index (κ3) is 4.42. The molecule has 17 heavy (non-hydrogen) atoms. The van der Waals surface area contributed by atoms with Crippen molar-refractivity contribution in [3.8, 4) is 0 Å². The number of nitrogens with two attached hydrogens (primary N) is 1. The van der Waals surface area contributed by atoms with Gasteiger partial charge in [-0.2, -0.15) is 0 Å². The van der Waals surface area contributed by atoms with E-state index in [9.17, 15) is 5.11 Å². The van der Waals surface area contributed by atoms with Crippen molar-refractivity contribution in [2.75, 3.05) is 0 Å². The lowest BCUT2D eigenvalue weighted by atomic mass is 9.91. The third-order valence-electron chi connectivity index (χ3n) is 2.91. The van der Waals surface area contributed by atoms with Gasteiger partial charge in [0.05, 0.1) is 12.1 Å². The van der Waals surface area contributed by atoms with Crippen molar-refractivity contribution < 1.29 is 5.11 Å². The van der Waals surface area contributed by atoms with E-state index in [1.54, 1.807) is 6.07 Å². The first-order chi connectivity index (χ1) is 7.47. The van der Waals surface area contributed by atoms with E-state index < -0.39 is 12.1 Å². The Balaban J connectivity index is 0.00000256. The van der Waals surface area contributed by atoms with Gasteiger partial charge in [0, 0.05) is 9.50 Å². The Morgan fingerprint density at radius 3 is 2.59 bits per heavy atom. The van der Waals surface area contributed by atoms with Crippen molar-refractivity contribution in [1.29, 1.82) is 0 Å². The quantitative estimate of drug-likeness (QED) is 0.870. The molecule has 0 aromatic heterocycles. The van der Waals surface area contributed by atoms with Crippen LogP contribution in [0.2, 0.25) is 5.02 Å². The smallest absolute Gasteiger partial charge is 0.0758 e. The number of hydrogen-bond donors (Lipinski definition) is 2. The van der Waals surface area contributed by atoms with E-state index in [0.717, 1.165) is 16.5 Å². The van der Waals surface area contributed by atoms with E-state index in [0.29, 0.717) is 5.02 Å². The van der Waals surface area contributed by atoms with Crippen LogP contribution in [-0.4, -0.2) is 11.2 Å². The zero-order chi connectivity index (χ0) is 12.3. The van der Waals surface area contributed by atoms with Crippen LogP contribution in [0, 0.1) is 5.92 Å². The van der Waals surface area contributed by atoms with Gasteiger partial charge in [-0.1, -0.05) is 47.8 Å². The molecule has 0 radical (unpaired) electrons. The van der Waals surface area contributed by atoms with Gasteiger partial charge in [0.15, 0.2) is 0 Å². The molecule has 98 valence electrons. The summed E-state index contributed by atoms with van der Waals surface area (Å²) in [6.07, 6.45) is 0.317. The van der Waals surface area contributed by atoms with Crippen LogP contribution < -0.4 is 5.73 Å². The van der Waals surface area contributed by atoms with E-state index in [1.165, 1.54) is 0 Å². The van der Waals surface area contributed by atoms with Crippen LogP contribution in [-0.2, 0) is 0 Å². The van der Waals surface area contributed by atoms with Crippen molar-refractivity contribution in [3.63, 3.8) is 0 Å². The number of halogens is 3. The fraction of sp³-hybridized carbons (Fsp3) is 0.500. The lowest BCUT2D eigenvalue weighted by Gasteiger charge is -2.25. The predicted molar refractivity (Wildman–Crippen MR) is 78.8 cm³/mol. The van der Waals surface area contributed by atoms with E-state index in [4.69, 9.17) is 17.3 Å². The summed E-state index contributed by atoms with van der Waals surface area (Å²) >= 11 is 9.44. The molecule has 0 fully saturated rings. The first kappa shape index (κ1) is 17.2. The van der Waals surface area contributed by atoms with Crippen molar-refractivity contribution in [2.45, 2.75) is 32.4 Å². The Labute approximate surface area is 122 Å². The van der Waals surface area contributed by atoms with Crippen LogP contribution in [0.4, 0.5) is 0 Å². The lowest BCUT2D eigenvalue weighted by Crippen LogP contribution is -2.31. The molecule has 1 rings (SSSR count). The summed E-state index contributed by atoms with van der Waals surface area (Å²) in [5, 5.41) is 10.7. The Morgan fingerprint density at radius 2 is 2.06 bits per heavy atom. The number of aliphatic hydroxyl groups excluding tert-OH is 1. The molecule has 0 saturated carbocycles. The molecule has 0 bridgehead atoms. The highest BCUT2D eigenvalue weighted by atomic mass is 79.9. The minimum atomic E-state index is -0.572. The van der Waals surface area contributed by atoms with Crippen LogP contribution in [0.5, 0.6) is 0 Å². The first-order valence-electron chi connectivity index (χ1n) is 5.36. The van der Waals surface area contributed by atoms with Gasteiger partial charge in [-0.15, -0.1) is 12.4 Å². The summed E-state index contributed by atoms with van der Waals surface area (Å²) in [6, 6.07) is 5.05. The molecule has 0 saturated heterocycles. The topological polar surface area (TPSA) is 46.2 Å². The average Bonchev–Trinajstić information content (AvgIpc) is 2.29. The van der Waals surface area contributed by atoms with Crippen molar-refractivity contribution >= 4 is 39.9 Å². The highest BCUT2D eigenvalue weighted by Crippen LogP contribution is 2.29. The Hall–Kier alpha value is 0.200. The second-order valence-electron chi connectivity index (χ2n) is 4.07. The molecule has 5 heteroatoms.